The second-order valence-corrected chi connectivity index (χ2v) is 2.56. The Morgan fingerprint density at radius 3 is 2.29 bits per heavy atom. The molecule has 0 amide bonds. The van der Waals surface area contributed by atoms with Crippen LogP contribution in [0.15, 0.2) is 29.4 Å². The summed E-state index contributed by atoms with van der Waals surface area (Å²) >= 11 is 0. The summed E-state index contributed by atoms with van der Waals surface area (Å²) in [5.74, 6) is 0. The van der Waals surface area contributed by atoms with Crippen LogP contribution in [0.1, 0.15) is 31.9 Å². The van der Waals surface area contributed by atoms with Crippen LogP contribution < -0.4 is 0 Å². The summed E-state index contributed by atoms with van der Waals surface area (Å²) in [6.45, 7) is 8.58. The molecule has 78 valence electrons. The Morgan fingerprint density at radius 1 is 1.21 bits per heavy atom. The lowest BCUT2D eigenvalue weighted by atomic mass is 10.2. The van der Waals surface area contributed by atoms with Gasteiger partial charge in [-0.05, 0) is 19.4 Å². The van der Waals surface area contributed by atoms with Gasteiger partial charge in [0.05, 0.1) is 6.21 Å². The first-order valence-electron chi connectivity index (χ1n) is 5.05. The second kappa shape index (κ2) is 8.30. The SMILES string of the molecule is CC.CCO/N=C/c1ccc(C)cc1. The normalized spacial score (nSPS) is 9.43. The Balaban J connectivity index is 0.000000791. The molecule has 0 aromatic heterocycles. The largest absolute Gasteiger partial charge is 0.396 e. The summed E-state index contributed by atoms with van der Waals surface area (Å²) in [7, 11) is 0. The van der Waals surface area contributed by atoms with E-state index in [-0.39, 0.29) is 0 Å². The predicted molar refractivity (Wildman–Crippen MR) is 61.7 cm³/mol. The van der Waals surface area contributed by atoms with Crippen molar-refractivity contribution in [2.45, 2.75) is 27.7 Å². The Kier molecular flexibility index (Phi) is 7.52. The molecule has 0 saturated carbocycles. The van der Waals surface area contributed by atoms with Gasteiger partial charge < -0.3 is 4.84 Å². The van der Waals surface area contributed by atoms with Crippen molar-refractivity contribution in [1.82, 2.24) is 0 Å². The lowest BCUT2D eigenvalue weighted by molar-refractivity contribution is 0.160. The predicted octanol–water partition coefficient (Wildman–Crippen LogP) is 3.39. The van der Waals surface area contributed by atoms with Crippen LogP contribution in [0, 0.1) is 6.92 Å². The minimum atomic E-state index is 0.613. The average Bonchev–Trinajstić information content (AvgIpc) is 2.24. The lowest BCUT2D eigenvalue weighted by Crippen LogP contribution is -1.84. The van der Waals surface area contributed by atoms with Crippen LogP contribution in [0.5, 0.6) is 0 Å². The lowest BCUT2D eigenvalue weighted by Gasteiger charge is -1.94. The third kappa shape index (κ3) is 5.36. The van der Waals surface area contributed by atoms with Crippen molar-refractivity contribution in [2.75, 3.05) is 6.61 Å². The molecule has 0 radical (unpaired) electrons. The van der Waals surface area contributed by atoms with Crippen molar-refractivity contribution in [1.29, 1.82) is 0 Å². The molecule has 0 unspecified atom stereocenters. The van der Waals surface area contributed by atoms with Gasteiger partial charge in [-0.3, -0.25) is 0 Å². The number of hydrogen-bond acceptors (Lipinski definition) is 2. The molecular formula is C12H19NO. The van der Waals surface area contributed by atoms with Crippen molar-refractivity contribution in [3.63, 3.8) is 0 Å². The van der Waals surface area contributed by atoms with Crippen molar-refractivity contribution in [3.8, 4) is 0 Å². The molecule has 2 heteroatoms. The van der Waals surface area contributed by atoms with Gasteiger partial charge in [0, 0.05) is 0 Å². The number of rotatable bonds is 3. The van der Waals surface area contributed by atoms with Gasteiger partial charge in [0.2, 0.25) is 0 Å². The van der Waals surface area contributed by atoms with E-state index in [9.17, 15) is 0 Å². The molecule has 1 rings (SSSR count). The first-order chi connectivity index (χ1) is 6.83. The van der Waals surface area contributed by atoms with Crippen molar-refractivity contribution in [2.24, 2.45) is 5.16 Å². The molecule has 0 saturated heterocycles. The van der Waals surface area contributed by atoms with Crippen LogP contribution in [0.3, 0.4) is 0 Å². The van der Waals surface area contributed by atoms with E-state index < -0.39 is 0 Å². The molecule has 0 bridgehead atoms. The zero-order chi connectivity index (χ0) is 10.8. The number of nitrogens with zero attached hydrogens (tertiary/aromatic N) is 1. The molecule has 0 heterocycles. The molecule has 0 atom stereocenters. The van der Waals surface area contributed by atoms with E-state index in [1.165, 1.54) is 5.56 Å². The van der Waals surface area contributed by atoms with Gasteiger partial charge in [0.15, 0.2) is 0 Å². The van der Waals surface area contributed by atoms with Crippen molar-refractivity contribution >= 4 is 6.21 Å². The Hall–Kier alpha value is -1.31. The standard InChI is InChI=1S/C10H13NO.C2H6/c1-3-12-11-8-10-6-4-9(2)5-7-10;1-2/h4-8H,3H2,1-2H3;1-2H3/b11-8+;. The zero-order valence-electron chi connectivity index (χ0n) is 9.45. The molecule has 0 fully saturated rings. The van der Waals surface area contributed by atoms with Gasteiger partial charge in [-0.25, -0.2) is 0 Å². The minimum absolute atomic E-state index is 0.613. The highest BCUT2D eigenvalue weighted by molar-refractivity contribution is 5.78. The van der Waals surface area contributed by atoms with Crippen LogP contribution in [0.25, 0.3) is 0 Å². The van der Waals surface area contributed by atoms with Gasteiger partial charge in [0.1, 0.15) is 6.61 Å². The number of aryl methyl sites for hydroxylation is 1. The summed E-state index contributed by atoms with van der Waals surface area (Å²) in [5, 5.41) is 3.76. The Bertz CT molecular complexity index is 252. The van der Waals surface area contributed by atoms with E-state index in [0.29, 0.717) is 6.61 Å². The Morgan fingerprint density at radius 2 is 1.79 bits per heavy atom. The van der Waals surface area contributed by atoms with Gasteiger partial charge >= 0.3 is 0 Å². The van der Waals surface area contributed by atoms with E-state index in [4.69, 9.17) is 4.84 Å². The van der Waals surface area contributed by atoms with E-state index in [1.54, 1.807) is 6.21 Å². The smallest absolute Gasteiger partial charge is 0.114 e. The van der Waals surface area contributed by atoms with Crippen LogP contribution >= 0.6 is 0 Å². The summed E-state index contributed by atoms with van der Waals surface area (Å²) in [6.07, 6.45) is 1.71. The maximum atomic E-state index is 4.84. The topological polar surface area (TPSA) is 21.6 Å². The van der Waals surface area contributed by atoms with Crippen LogP contribution in [-0.2, 0) is 4.84 Å². The van der Waals surface area contributed by atoms with Gasteiger partial charge in [0.25, 0.3) is 0 Å². The molecule has 0 spiro atoms. The average molecular weight is 193 g/mol. The maximum Gasteiger partial charge on any atom is 0.114 e. The molecular weight excluding hydrogens is 174 g/mol. The van der Waals surface area contributed by atoms with Crippen LogP contribution in [0.4, 0.5) is 0 Å². The van der Waals surface area contributed by atoms with Gasteiger partial charge in [-0.1, -0.05) is 48.8 Å². The molecule has 1 aromatic rings. The number of oxime groups is 1. The van der Waals surface area contributed by atoms with Gasteiger partial charge in [-0.2, -0.15) is 0 Å². The quantitative estimate of drug-likeness (QED) is 0.532. The van der Waals surface area contributed by atoms with E-state index in [0.717, 1.165) is 5.56 Å². The second-order valence-electron chi connectivity index (χ2n) is 2.56. The highest BCUT2D eigenvalue weighted by atomic mass is 16.6. The molecule has 0 aliphatic carbocycles. The molecule has 0 aliphatic heterocycles. The van der Waals surface area contributed by atoms with Crippen molar-refractivity contribution in [3.05, 3.63) is 35.4 Å². The summed E-state index contributed by atoms with van der Waals surface area (Å²) < 4.78 is 0. The fourth-order valence-corrected chi connectivity index (χ4v) is 0.825. The van der Waals surface area contributed by atoms with E-state index >= 15 is 0 Å². The first kappa shape index (κ1) is 12.7. The van der Waals surface area contributed by atoms with Gasteiger partial charge in [-0.15, -0.1) is 0 Å². The molecule has 0 N–H and O–H groups in total. The molecule has 0 aliphatic rings. The van der Waals surface area contributed by atoms with Crippen molar-refractivity contribution < 1.29 is 4.84 Å². The summed E-state index contributed by atoms with van der Waals surface area (Å²) in [6, 6.07) is 8.12. The monoisotopic (exact) mass is 193 g/mol. The number of hydrogen-bond donors (Lipinski definition) is 0. The zero-order valence-corrected chi connectivity index (χ0v) is 9.45. The van der Waals surface area contributed by atoms with Crippen LogP contribution in [0.2, 0.25) is 0 Å². The number of benzene rings is 1. The highest BCUT2D eigenvalue weighted by Gasteiger charge is 1.86. The third-order valence-electron chi connectivity index (χ3n) is 1.48. The summed E-state index contributed by atoms with van der Waals surface area (Å²) in [5.41, 5.74) is 2.32. The molecule has 14 heavy (non-hydrogen) atoms. The molecule has 2 nitrogen and oxygen atoms in total. The fourth-order valence-electron chi connectivity index (χ4n) is 0.825. The van der Waals surface area contributed by atoms with E-state index in [1.807, 2.05) is 45.0 Å². The third-order valence-corrected chi connectivity index (χ3v) is 1.48. The molecule has 1 aromatic carbocycles. The summed E-state index contributed by atoms with van der Waals surface area (Å²) in [4.78, 5) is 4.84. The minimum Gasteiger partial charge on any atom is -0.396 e. The highest BCUT2D eigenvalue weighted by Crippen LogP contribution is 1.99. The maximum absolute atomic E-state index is 4.84. The van der Waals surface area contributed by atoms with Crippen LogP contribution in [-0.4, -0.2) is 12.8 Å². The first-order valence-corrected chi connectivity index (χ1v) is 5.05. The Labute approximate surface area is 86.6 Å². The fraction of sp³-hybridized carbons (Fsp3) is 0.417. The van der Waals surface area contributed by atoms with E-state index in [2.05, 4.69) is 12.1 Å².